The molecule has 0 radical (unpaired) electrons. The van der Waals surface area contributed by atoms with Gasteiger partial charge in [-0.15, -0.1) is 0 Å². The second-order valence-electron chi connectivity index (χ2n) is 5.83. The maximum absolute atomic E-state index is 12.1. The maximum Gasteiger partial charge on any atom is 0.224 e. The molecular weight excluding hydrogens is 276 g/mol. The molecule has 5 heteroatoms. The van der Waals surface area contributed by atoms with Gasteiger partial charge in [-0.25, -0.2) is 4.98 Å². The molecule has 2 aromatic rings. The van der Waals surface area contributed by atoms with Crippen molar-refractivity contribution in [2.75, 3.05) is 13.1 Å². The van der Waals surface area contributed by atoms with Crippen molar-refractivity contribution in [2.24, 2.45) is 0 Å². The van der Waals surface area contributed by atoms with Gasteiger partial charge in [0.05, 0.1) is 12.0 Å². The molecule has 1 aliphatic rings. The van der Waals surface area contributed by atoms with Gasteiger partial charge in [0.1, 0.15) is 0 Å². The summed E-state index contributed by atoms with van der Waals surface area (Å²) in [6, 6.07) is 10.5. The van der Waals surface area contributed by atoms with Gasteiger partial charge in [-0.3, -0.25) is 4.79 Å². The molecule has 0 spiro atoms. The van der Waals surface area contributed by atoms with Crippen LogP contribution in [0.1, 0.15) is 23.4 Å². The van der Waals surface area contributed by atoms with Gasteiger partial charge in [-0.1, -0.05) is 30.3 Å². The molecule has 1 aromatic heterocycles. The zero-order valence-corrected chi connectivity index (χ0v) is 12.9. The molecule has 0 bridgehead atoms. The van der Waals surface area contributed by atoms with Crippen molar-refractivity contribution in [3.05, 3.63) is 53.6 Å². The van der Waals surface area contributed by atoms with Gasteiger partial charge in [-0.05, 0) is 18.9 Å². The van der Waals surface area contributed by atoms with Crippen molar-refractivity contribution >= 4 is 5.91 Å². The molecule has 1 amide bonds. The molecule has 1 saturated heterocycles. The topological polar surface area (TPSA) is 61.0 Å². The molecular formula is C17H22N4O. The van der Waals surface area contributed by atoms with Crippen LogP contribution in [0.15, 0.2) is 36.7 Å². The molecule has 116 valence electrons. The van der Waals surface area contributed by atoms with E-state index in [0.29, 0.717) is 13.0 Å². The van der Waals surface area contributed by atoms with Crippen LogP contribution in [0.4, 0.5) is 0 Å². The Morgan fingerprint density at radius 2 is 2.18 bits per heavy atom. The van der Waals surface area contributed by atoms with Gasteiger partial charge < -0.3 is 15.2 Å². The number of aromatic nitrogens is 2. The Morgan fingerprint density at radius 3 is 2.91 bits per heavy atom. The van der Waals surface area contributed by atoms with Crippen molar-refractivity contribution in [1.82, 2.24) is 20.2 Å². The number of amides is 1. The molecule has 22 heavy (non-hydrogen) atoms. The fourth-order valence-electron chi connectivity index (χ4n) is 2.84. The van der Waals surface area contributed by atoms with Crippen molar-refractivity contribution in [3.63, 3.8) is 0 Å². The highest BCUT2D eigenvalue weighted by atomic mass is 16.2. The number of likely N-dealkylation sites (tertiary alicyclic amines) is 1. The number of carbonyl (C=O) groups excluding carboxylic acids is 1. The van der Waals surface area contributed by atoms with Crippen LogP contribution in [0.25, 0.3) is 0 Å². The van der Waals surface area contributed by atoms with Crippen molar-refractivity contribution in [1.29, 1.82) is 0 Å². The average molecular weight is 298 g/mol. The first kappa shape index (κ1) is 14.8. The lowest BCUT2D eigenvalue weighted by atomic mass is 10.1. The summed E-state index contributed by atoms with van der Waals surface area (Å²) in [5, 5.41) is 3.44. The summed E-state index contributed by atoms with van der Waals surface area (Å²) in [4.78, 5) is 21.4. The Kier molecular flexibility index (Phi) is 4.53. The van der Waals surface area contributed by atoms with Crippen LogP contribution in [-0.2, 0) is 17.8 Å². The van der Waals surface area contributed by atoms with Crippen molar-refractivity contribution in [3.8, 4) is 0 Å². The van der Waals surface area contributed by atoms with Crippen molar-refractivity contribution in [2.45, 2.75) is 32.4 Å². The molecule has 0 aliphatic carbocycles. The van der Waals surface area contributed by atoms with Crippen LogP contribution in [-0.4, -0.2) is 39.9 Å². The first-order valence-electron chi connectivity index (χ1n) is 7.76. The summed E-state index contributed by atoms with van der Waals surface area (Å²) in [5.74, 6) is 0.243. The lowest BCUT2D eigenvalue weighted by molar-refractivity contribution is -0.127. The number of nitrogens with zero attached hydrogens (tertiary/aromatic N) is 2. The summed E-state index contributed by atoms with van der Waals surface area (Å²) in [6.45, 7) is 4.30. The molecule has 1 unspecified atom stereocenters. The van der Waals surface area contributed by atoms with E-state index in [1.54, 1.807) is 6.33 Å². The van der Waals surface area contributed by atoms with E-state index in [0.717, 1.165) is 30.9 Å². The Labute approximate surface area is 130 Å². The third-order valence-electron chi connectivity index (χ3n) is 4.22. The molecule has 3 rings (SSSR count). The van der Waals surface area contributed by atoms with Crippen LogP contribution < -0.4 is 5.32 Å². The van der Waals surface area contributed by atoms with Gasteiger partial charge in [0.2, 0.25) is 5.91 Å². The standard InChI is InChI=1S/C17H22N4O/c1-13-16(20-12-19-13)10-18-15-9-17(22)21(11-15)8-7-14-5-3-2-4-6-14/h2-6,12,15,18H,7-11H2,1H3,(H,19,20). The van der Waals surface area contributed by atoms with E-state index in [4.69, 9.17) is 0 Å². The number of benzene rings is 1. The van der Waals surface area contributed by atoms with Crippen LogP contribution in [0.5, 0.6) is 0 Å². The maximum atomic E-state index is 12.1. The van der Waals surface area contributed by atoms with Crippen LogP contribution in [0, 0.1) is 6.92 Å². The molecule has 5 nitrogen and oxygen atoms in total. The lowest BCUT2D eigenvalue weighted by Crippen LogP contribution is -2.33. The number of hydrogen-bond donors (Lipinski definition) is 2. The van der Waals surface area contributed by atoms with Crippen LogP contribution in [0.2, 0.25) is 0 Å². The quantitative estimate of drug-likeness (QED) is 0.852. The number of aryl methyl sites for hydroxylation is 1. The summed E-state index contributed by atoms with van der Waals surface area (Å²) >= 11 is 0. The predicted molar refractivity (Wildman–Crippen MR) is 85.3 cm³/mol. The van der Waals surface area contributed by atoms with Gasteiger partial charge >= 0.3 is 0 Å². The molecule has 1 fully saturated rings. The molecule has 2 heterocycles. The van der Waals surface area contributed by atoms with Crippen LogP contribution >= 0.6 is 0 Å². The molecule has 2 N–H and O–H groups in total. The van der Waals surface area contributed by atoms with Gasteiger partial charge in [-0.2, -0.15) is 0 Å². The normalized spacial score (nSPS) is 18.1. The Bertz CT molecular complexity index is 623. The molecule has 1 aromatic carbocycles. The number of H-pyrrole nitrogens is 1. The van der Waals surface area contributed by atoms with E-state index >= 15 is 0 Å². The summed E-state index contributed by atoms with van der Waals surface area (Å²) in [5.41, 5.74) is 3.38. The number of imidazole rings is 1. The summed E-state index contributed by atoms with van der Waals surface area (Å²) < 4.78 is 0. The van der Waals surface area contributed by atoms with Crippen molar-refractivity contribution < 1.29 is 4.79 Å². The zero-order chi connectivity index (χ0) is 15.4. The van der Waals surface area contributed by atoms with E-state index in [9.17, 15) is 4.79 Å². The summed E-state index contributed by atoms with van der Waals surface area (Å²) in [7, 11) is 0. The molecule has 1 atom stereocenters. The minimum Gasteiger partial charge on any atom is -0.348 e. The summed E-state index contributed by atoms with van der Waals surface area (Å²) in [6.07, 6.45) is 3.20. The van der Waals surface area contributed by atoms with E-state index in [1.807, 2.05) is 30.0 Å². The smallest absolute Gasteiger partial charge is 0.224 e. The Morgan fingerprint density at radius 1 is 1.36 bits per heavy atom. The molecule has 1 aliphatic heterocycles. The number of aromatic amines is 1. The van der Waals surface area contributed by atoms with Gasteiger partial charge in [0, 0.05) is 37.8 Å². The van der Waals surface area contributed by atoms with E-state index < -0.39 is 0 Å². The predicted octanol–water partition coefficient (Wildman–Crippen LogP) is 1.65. The second kappa shape index (κ2) is 6.75. The monoisotopic (exact) mass is 298 g/mol. The van der Waals surface area contributed by atoms with E-state index in [-0.39, 0.29) is 11.9 Å². The first-order valence-corrected chi connectivity index (χ1v) is 7.76. The number of hydrogen-bond acceptors (Lipinski definition) is 3. The largest absolute Gasteiger partial charge is 0.348 e. The average Bonchev–Trinajstić information content (AvgIpc) is 3.10. The first-order chi connectivity index (χ1) is 10.7. The number of nitrogens with one attached hydrogen (secondary N) is 2. The highest BCUT2D eigenvalue weighted by Gasteiger charge is 2.28. The van der Waals surface area contributed by atoms with Crippen LogP contribution in [0.3, 0.4) is 0 Å². The Balaban J connectivity index is 1.47. The highest BCUT2D eigenvalue weighted by Crippen LogP contribution is 2.13. The van der Waals surface area contributed by atoms with Gasteiger partial charge in [0.15, 0.2) is 0 Å². The molecule has 0 saturated carbocycles. The zero-order valence-electron chi connectivity index (χ0n) is 12.9. The minimum atomic E-state index is 0.222. The highest BCUT2D eigenvalue weighted by molar-refractivity contribution is 5.79. The third kappa shape index (κ3) is 3.54. The fraction of sp³-hybridized carbons (Fsp3) is 0.412. The third-order valence-corrected chi connectivity index (χ3v) is 4.22. The SMILES string of the molecule is Cc1[nH]cnc1CNC1CC(=O)N(CCc2ccccc2)C1. The number of carbonyl (C=O) groups is 1. The number of rotatable bonds is 6. The second-order valence-corrected chi connectivity index (χ2v) is 5.83. The van der Waals surface area contributed by atoms with E-state index in [2.05, 4.69) is 27.4 Å². The fourth-order valence-corrected chi connectivity index (χ4v) is 2.84. The Hall–Kier alpha value is -2.14. The minimum absolute atomic E-state index is 0.222. The van der Waals surface area contributed by atoms with Gasteiger partial charge in [0.25, 0.3) is 0 Å². The van der Waals surface area contributed by atoms with E-state index in [1.165, 1.54) is 5.56 Å². The lowest BCUT2D eigenvalue weighted by Gasteiger charge is -2.17.